The van der Waals surface area contributed by atoms with E-state index >= 15 is 0 Å². The number of piperidine rings is 1. The van der Waals surface area contributed by atoms with Crippen LogP contribution in [0.5, 0.6) is 0 Å². The zero-order chi connectivity index (χ0) is 30.3. The highest BCUT2D eigenvalue weighted by Gasteiger charge is 2.55. The van der Waals surface area contributed by atoms with Crippen molar-refractivity contribution in [3.63, 3.8) is 0 Å². The van der Waals surface area contributed by atoms with E-state index in [0.717, 1.165) is 11.8 Å². The van der Waals surface area contributed by atoms with Crippen LogP contribution >= 0.6 is 22.9 Å². The molecule has 3 amide bonds. The van der Waals surface area contributed by atoms with Crippen LogP contribution < -0.4 is 10.0 Å². The summed E-state index contributed by atoms with van der Waals surface area (Å²) >= 11 is 7.16. The van der Waals surface area contributed by atoms with E-state index in [2.05, 4.69) is 29.1 Å². The monoisotopic (exact) mass is 632 g/mol. The largest absolute Gasteiger partial charge is 0.350 e. The molecule has 42 heavy (non-hydrogen) atoms. The van der Waals surface area contributed by atoms with Crippen LogP contribution in [0.4, 0.5) is 0 Å². The van der Waals surface area contributed by atoms with Crippen LogP contribution in [0.15, 0.2) is 47.9 Å². The van der Waals surface area contributed by atoms with Crippen molar-refractivity contribution < 1.29 is 22.8 Å². The van der Waals surface area contributed by atoms with Crippen molar-refractivity contribution in [2.45, 2.75) is 75.4 Å². The van der Waals surface area contributed by atoms with Gasteiger partial charge in [-0.2, -0.15) is 4.72 Å². The van der Waals surface area contributed by atoms with Crippen LogP contribution in [0.25, 0.3) is 6.08 Å². The minimum absolute atomic E-state index is 0.00923. The molecule has 0 spiro atoms. The van der Waals surface area contributed by atoms with Gasteiger partial charge in [-0.3, -0.25) is 14.4 Å². The van der Waals surface area contributed by atoms with E-state index in [1.54, 1.807) is 30.9 Å². The van der Waals surface area contributed by atoms with Gasteiger partial charge in [-0.1, -0.05) is 48.9 Å². The molecule has 1 aromatic carbocycles. The highest BCUT2D eigenvalue weighted by atomic mass is 35.5. The lowest BCUT2D eigenvalue weighted by atomic mass is 9.91. The third-order valence-electron chi connectivity index (χ3n) is 8.97. The first-order chi connectivity index (χ1) is 19.8. The first-order valence-corrected chi connectivity index (χ1v) is 16.9. The highest BCUT2D eigenvalue weighted by Crippen LogP contribution is 2.48. The van der Waals surface area contributed by atoms with E-state index in [0.29, 0.717) is 48.0 Å². The molecular formula is C30H37ClN4O5S2. The van der Waals surface area contributed by atoms with Crippen LogP contribution in [0.3, 0.4) is 0 Å². The predicted molar refractivity (Wildman–Crippen MR) is 164 cm³/mol. The summed E-state index contributed by atoms with van der Waals surface area (Å²) in [5, 5.41) is 4.21. The van der Waals surface area contributed by atoms with Crippen LogP contribution in [-0.4, -0.2) is 72.7 Å². The van der Waals surface area contributed by atoms with E-state index in [-0.39, 0.29) is 29.8 Å². The molecule has 2 saturated heterocycles. The van der Waals surface area contributed by atoms with E-state index in [4.69, 9.17) is 11.6 Å². The standard InChI is InChI=1S/C30H37ClN4O5S2/c1-28(21-9-5-4-6-10-21)19-23(28)32-26(37)30(3)15-8-17-35(30)25(36)20-34-16-7-14-29(2,27(34)38)33-42(39,40)18-13-22-11-12-24(31)41-22/h4-6,9-13,18,23,33H,7-8,14-17,19-20H2,1-3H3,(H,32,37)/b18-13+/t23-,28+,29-,30+/m0/s1. The van der Waals surface area contributed by atoms with Gasteiger partial charge in [0.15, 0.2) is 0 Å². The van der Waals surface area contributed by atoms with Crippen molar-refractivity contribution >= 4 is 56.8 Å². The molecule has 5 rings (SSSR count). The lowest BCUT2D eigenvalue weighted by molar-refractivity contribution is -0.150. The fourth-order valence-electron chi connectivity index (χ4n) is 6.22. The van der Waals surface area contributed by atoms with E-state index < -0.39 is 27.0 Å². The molecule has 12 heteroatoms. The van der Waals surface area contributed by atoms with Crippen molar-refractivity contribution in [1.29, 1.82) is 0 Å². The first kappa shape index (κ1) is 30.7. The molecule has 0 unspecified atom stereocenters. The van der Waals surface area contributed by atoms with E-state index in [1.165, 1.54) is 27.9 Å². The maximum absolute atomic E-state index is 13.6. The van der Waals surface area contributed by atoms with Gasteiger partial charge in [0.1, 0.15) is 11.1 Å². The van der Waals surface area contributed by atoms with Crippen molar-refractivity contribution in [3.05, 3.63) is 62.6 Å². The Hall–Kier alpha value is -2.73. The number of halogens is 1. The van der Waals surface area contributed by atoms with Gasteiger partial charge in [0.25, 0.3) is 0 Å². The Bertz CT molecular complexity index is 1510. The second-order valence-electron chi connectivity index (χ2n) is 12.2. The number of nitrogens with one attached hydrogen (secondary N) is 2. The molecule has 1 aromatic heterocycles. The second-order valence-corrected chi connectivity index (χ2v) is 15.5. The Balaban J connectivity index is 1.22. The topological polar surface area (TPSA) is 116 Å². The number of thiophene rings is 1. The van der Waals surface area contributed by atoms with Crippen LogP contribution in [0, 0.1) is 0 Å². The van der Waals surface area contributed by atoms with Crippen molar-refractivity contribution in [2.75, 3.05) is 19.6 Å². The fraction of sp³-hybridized carbons (Fsp3) is 0.500. The van der Waals surface area contributed by atoms with Gasteiger partial charge in [0.05, 0.1) is 10.9 Å². The van der Waals surface area contributed by atoms with Crippen molar-refractivity contribution in [1.82, 2.24) is 19.8 Å². The molecular weight excluding hydrogens is 596 g/mol. The smallest absolute Gasteiger partial charge is 0.245 e. The summed E-state index contributed by atoms with van der Waals surface area (Å²) in [6.07, 6.45) is 4.32. The number of likely N-dealkylation sites (tertiary alicyclic amines) is 2. The summed E-state index contributed by atoms with van der Waals surface area (Å²) < 4.78 is 28.8. The zero-order valence-electron chi connectivity index (χ0n) is 24.1. The van der Waals surface area contributed by atoms with Crippen molar-refractivity contribution in [3.8, 4) is 0 Å². The molecule has 3 aliphatic rings. The Kier molecular flexibility index (Phi) is 8.34. The number of amides is 3. The SMILES string of the molecule is C[C@]1(NS(=O)(=O)/C=C/c2ccc(Cl)s2)CCCN(CC(=O)N2CCC[C@]2(C)C(=O)N[C@H]2C[C@]2(C)c2ccccc2)C1=O. The van der Waals surface area contributed by atoms with E-state index in [1.807, 2.05) is 18.2 Å². The summed E-state index contributed by atoms with van der Waals surface area (Å²) in [4.78, 5) is 44.3. The molecule has 3 fully saturated rings. The molecule has 2 aromatic rings. The van der Waals surface area contributed by atoms with Crippen molar-refractivity contribution in [2.24, 2.45) is 0 Å². The zero-order valence-corrected chi connectivity index (χ0v) is 26.4. The third kappa shape index (κ3) is 6.15. The minimum atomic E-state index is -3.96. The fourth-order valence-corrected chi connectivity index (χ4v) is 8.48. The highest BCUT2D eigenvalue weighted by molar-refractivity contribution is 7.92. The average Bonchev–Trinajstić information content (AvgIpc) is 3.23. The lowest BCUT2D eigenvalue weighted by Crippen LogP contribution is -2.63. The van der Waals surface area contributed by atoms with Crippen LogP contribution in [-0.2, 0) is 29.8 Å². The lowest BCUT2D eigenvalue weighted by Gasteiger charge is -2.41. The van der Waals surface area contributed by atoms with Gasteiger partial charge in [-0.25, -0.2) is 8.42 Å². The molecule has 2 N–H and O–H groups in total. The molecule has 1 aliphatic carbocycles. The molecule has 2 aliphatic heterocycles. The number of nitrogens with zero attached hydrogens (tertiary/aromatic N) is 2. The summed E-state index contributed by atoms with van der Waals surface area (Å²) in [6, 6.07) is 13.5. The average molecular weight is 633 g/mol. The Labute approximate surface area is 256 Å². The van der Waals surface area contributed by atoms with Crippen LogP contribution in [0.1, 0.15) is 63.3 Å². The third-order valence-corrected chi connectivity index (χ3v) is 11.4. The van der Waals surface area contributed by atoms with Gasteiger partial charge >= 0.3 is 0 Å². The number of rotatable bonds is 9. The first-order valence-electron chi connectivity index (χ1n) is 14.2. The number of carbonyl (C=O) groups is 3. The molecule has 226 valence electrons. The molecule has 1 saturated carbocycles. The quantitative estimate of drug-likeness (QED) is 0.435. The summed E-state index contributed by atoms with van der Waals surface area (Å²) in [7, 11) is -3.96. The Morgan fingerprint density at radius 2 is 1.79 bits per heavy atom. The molecule has 4 atom stereocenters. The van der Waals surface area contributed by atoms with Gasteiger partial charge in [-0.15, -0.1) is 11.3 Å². The Morgan fingerprint density at radius 3 is 2.48 bits per heavy atom. The van der Waals surface area contributed by atoms with E-state index in [9.17, 15) is 22.8 Å². The second kappa shape index (κ2) is 11.4. The summed E-state index contributed by atoms with van der Waals surface area (Å²) in [5.74, 6) is -0.957. The van der Waals surface area contributed by atoms with Gasteiger partial charge in [0.2, 0.25) is 27.7 Å². The number of hydrogen-bond donors (Lipinski definition) is 2. The molecule has 0 bridgehead atoms. The number of hydrogen-bond acceptors (Lipinski definition) is 6. The summed E-state index contributed by atoms with van der Waals surface area (Å²) in [5.41, 5.74) is -1.37. The van der Waals surface area contributed by atoms with Crippen LogP contribution in [0.2, 0.25) is 4.34 Å². The maximum Gasteiger partial charge on any atom is 0.245 e. The molecule has 0 radical (unpaired) electrons. The van der Waals surface area contributed by atoms with Gasteiger partial charge in [-0.05, 0) is 69.7 Å². The maximum atomic E-state index is 13.6. The summed E-state index contributed by atoms with van der Waals surface area (Å²) in [6.45, 7) is 6.01. The minimum Gasteiger partial charge on any atom is -0.350 e. The normalized spacial score (nSPS) is 29.7. The number of benzene rings is 1. The number of sulfonamides is 1. The Morgan fingerprint density at radius 1 is 1.07 bits per heavy atom. The van der Waals surface area contributed by atoms with Gasteiger partial charge in [0, 0.05) is 34.8 Å². The molecule has 9 nitrogen and oxygen atoms in total. The molecule has 3 heterocycles. The predicted octanol–water partition coefficient (Wildman–Crippen LogP) is 3.90. The van der Waals surface area contributed by atoms with Gasteiger partial charge < -0.3 is 15.1 Å². The number of carbonyl (C=O) groups excluding carboxylic acids is 3.